The Balaban J connectivity index is 2.36. The van der Waals surface area contributed by atoms with Crippen LogP contribution in [0, 0.1) is 11.6 Å². The molecule has 0 spiro atoms. The average molecular weight is 268 g/mol. The molecule has 0 atom stereocenters. The maximum atomic E-state index is 13.7. The Kier molecular flexibility index (Phi) is 3.28. The lowest BCUT2D eigenvalue weighted by Gasteiger charge is -2.16. The SMILES string of the molecule is CC(C)(O)Cn1cc(-c2cc(F)c(O)cc2F)cn1. The van der Waals surface area contributed by atoms with E-state index in [1.54, 1.807) is 13.8 Å². The first-order valence-corrected chi connectivity index (χ1v) is 5.69. The molecule has 1 aromatic heterocycles. The van der Waals surface area contributed by atoms with Crippen molar-refractivity contribution >= 4 is 0 Å². The molecular formula is C13H14F2N2O2. The van der Waals surface area contributed by atoms with Crippen molar-refractivity contribution < 1.29 is 19.0 Å². The standard InChI is InChI=1S/C13H14F2N2O2/c1-13(2,19)7-17-6-8(5-16-17)9-3-11(15)12(18)4-10(9)14/h3-6,18-19H,7H2,1-2H3. The van der Waals surface area contributed by atoms with Crippen molar-refractivity contribution in [2.45, 2.75) is 26.0 Å². The van der Waals surface area contributed by atoms with Crippen molar-refractivity contribution in [3.8, 4) is 16.9 Å². The van der Waals surface area contributed by atoms with Crippen molar-refractivity contribution in [2.75, 3.05) is 0 Å². The van der Waals surface area contributed by atoms with Crippen LogP contribution in [0.4, 0.5) is 8.78 Å². The second-order valence-electron chi connectivity index (χ2n) is 5.02. The fourth-order valence-electron chi connectivity index (χ4n) is 1.74. The minimum atomic E-state index is -0.956. The predicted molar refractivity (Wildman–Crippen MR) is 65.5 cm³/mol. The van der Waals surface area contributed by atoms with Gasteiger partial charge in [-0.25, -0.2) is 8.78 Å². The van der Waals surface area contributed by atoms with Crippen LogP contribution in [0.25, 0.3) is 11.1 Å². The van der Waals surface area contributed by atoms with E-state index in [9.17, 15) is 13.9 Å². The third-order valence-corrected chi connectivity index (χ3v) is 2.53. The van der Waals surface area contributed by atoms with Gasteiger partial charge in [0.25, 0.3) is 0 Å². The van der Waals surface area contributed by atoms with E-state index >= 15 is 0 Å². The Hall–Kier alpha value is -1.95. The predicted octanol–water partition coefficient (Wildman–Crippen LogP) is 2.30. The van der Waals surface area contributed by atoms with Gasteiger partial charge in [-0.15, -0.1) is 0 Å². The van der Waals surface area contributed by atoms with Crippen molar-refractivity contribution in [1.29, 1.82) is 0 Å². The van der Waals surface area contributed by atoms with Gasteiger partial charge in [0.15, 0.2) is 11.6 Å². The zero-order valence-electron chi connectivity index (χ0n) is 10.6. The molecule has 1 aromatic carbocycles. The zero-order valence-corrected chi connectivity index (χ0v) is 10.6. The van der Waals surface area contributed by atoms with Gasteiger partial charge in [0, 0.05) is 23.4 Å². The Morgan fingerprint density at radius 3 is 2.58 bits per heavy atom. The Morgan fingerprint density at radius 1 is 1.26 bits per heavy atom. The first-order chi connectivity index (χ1) is 8.76. The molecule has 102 valence electrons. The topological polar surface area (TPSA) is 58.3 Å². The Morgan fingerprint density at radius 2 is 1.95 bits per heavy atom. The molecule has 0 radical (unpaired) electrons. The van der Waals surface area contributed by atoms with Gasteiger partial charge in [-0.2, -0.15) is 5.10 Å². The number of aromatic hydroxyl groups is 1. The van der Waals surface area contributed by atoms with E-state index in [1.807, 2.05) is 0 Å². The van der Waals surface area contributed by atoms with Gasteiger partial charge >= 0.3 is 0 Å². The summed E-state index contributed by atoms with van der Waals surface area (Å²) in [5.74, 6) is -2.36. The number of hydrogen-bond donors (Lipinski definition) is 2. The summed E-state index contributed by atoms with van der Waals surface area (Å²) in [4.78, 5) is 0. The average Bonchev–Trinajstić information content (AvgIpc) is 2.69. The summed E-state index contributed by atoms with van der Waals surface area (Å²) >= 11 is 0. The number of nitrogens with zero attached hydrogens (tertiary/aromatic N) is 2. The van der Waals surface area contributed by atoms with Gasteiger partial charge in [-0.1, -0.05) is 0 Å². The lowest BCUT2D eigenvalue weighted by molar-refractivity contribution is 0.0577. The molecule has 0 saturated carbocycles. The van der Waals surface area contributed by atoms with Crippen LogP contribution in [0.2, 0.25) is 0 Å². The molecule has 0 bridgehead atoms. The number of hydrogen-bond acceptors (Lipinski definition) is 3. The van der Waals surface area contributed by atoms with Crippen LogP contribution in [0.15, 0.2) is 24.5 Å². The van der Waals surface area contributed by atoms with Gasteiger partial charge in [-0.05, 0) is 19.9 Å². The normalized spacial score (nSPS) is 11.8. The third-order valence-electron chi connectivity index (χ3n) is 2.53. The molecule has 0 saturated heterocycles. The fourth-order valence-corrected chi connectivity index (χ4v) is 1.74. The molecule has 6 heteroatoms. The molecule has 0 fully saturated rings. The molecule has 4 nitrogen and oxygen atoms in total. The quantitative estimate of drug-likeness (QED) is 0.898. The number of halogens is 2. The van der Waals surface area contributed by atoms with Gasteiger partial charge in [0.05, 0.1) is 18.3 Å². The number of rotatable bonds is 3. The molecule has 0 amide bonds. The van der Waals surface area contributed by atoms with Crippen LogP contribution in [0.1, 0.15) is 13.8 Å². The lowest BCUT2D eigenvalue weighted by Crippen LogP contribution is -2.26. The van der Waals surface area contributed by atoms with E-state index in [4.69, 9.17) is 5.11 Å². The maximum Gasteiger partial charge on any atom is 0.165 e. The van der Waals surface area contributed by atoms with Crippen LogP contribution in [-0.4, -0.2) is 25.6 Å². The van der Waals surface area contributed by atoms with E-state index in [2.05, 4.69) is 5.10 Å². The summed E-state index contributed by atoms with van der Waals surface area (Å²) in [5.41, 5.74) is -0.569. The van der Waals surface area contributed by atoms with Crippen LogP contribution >= 0.6 is 0 Å². The maximum absolute atomic E-state index is 13.7. The number of benzene rings is 1. The van der Waals surface area contributed by atoms with Crippen LogP contribution in [0.3, 0.4) is 0 Å². The minimum absolute atomic E-state index is 0.0114. The highest BCUT2D eigenvalue weighted by Gasteiger charge is 2.16. The highest BCUT2D eigenvalue weighted by Crippen LogP contribution is 2.28. The van der Waals surface area contributed by atoms with E-state index < -0.39 is 23.0 Å². The summed E-state index contributed by atoms with van der Waals surface area (Å²) in [6.07, 6.45) is 2.88. The summed E-state index contributed by atoms with van der Waals surface area (Å²) < 4.78 is 28.3. The molecule has 0 unspecified atom stereocenters. The molecule has 0 aliphatic heterocycles. The van der Waals surface area contributed by atoms with Crippen LogP contribution in [0.5, 0.6) is 5.75 Å². The monoisotopic (exact) mass is 268 g/mol. The summed E-state index contributed by atoms with van der Waals surface area (Å²) in [6, 6.07) is 1.63. The van der Waals surface area contributed by atoms with Gasteiger partial charge in [0.1, 0.15) is 5.82 Å². The van der Waals surface area contributed by atoms with E-state index in [0.29, 0.717) is 5.56 Å². The van der Waals surface area contributed by atoms with Crippen molar-refractivity contribution in [1.82, 2.24) is 9.78 Å². The molecule has 19 heavy (non-hydrogen) atoms. The first kappa shape index (κ1) is 13.5. The molecule has 2 N–H and O–H groups in total. The molecule has 0 aliphatic rings. The molecule has 0 aliphatic carbocycles. The highest BCUT2D eigenvalue weighted by molar-refractivity contribution is 5.63. The van der Waals surface area contributed by atoms with Crippen LogP contribution < -0.4 is 0 Å². The molecular weight excluding hydrogens is 254 g/mol. The van der Waals surface area contributed by atoms with Gasteiger partial charge < -0.3 is 10.2 Å². The largest absolute Gasteiger partial charge is 0.505 e. The smallest absolute Gasteiger partial charge is 0.165 e. The van der Waals surface area contributed by atoms with Gasteiger partial charge in [0.2, 0.25) is 0 Å². The highest BCUT2D eigenvalue weighted by atomic mass is 19.1. The summed E-state index contributed by atoms with van der Waals surface area (Å²) in [7, 11) is 0. The Labute approximate surface area is 108 Å². The Bertz CT molecular complexity index is 603. The van der Waals surface area contributed by atoms with E-state index in [0.717, 1.165) is 12.1 Å². The summed E-state index contributed by atoms with van der Waals surface area (Å²) in [5, 5.41) is 22.7. The number of aliphatic hydroxyl groups is 1. The molecule has 1 heterocycles. The molecule has 2 rings (SSSR count). The zero-order chi connectivity index (χ0) is 14.2. The second kappa shape index (κ2) is 4.62. The van der Waals surface area contributed by atoms with Crippen molar-refractivity contribution in [3.05, 3.63) is 36.2 Å². The van der Waals surface area contributed by atoms with E-state index in [-0.39, 0.29) is 12.1 Å². The van der Waals surface area contributed by atoms with Crippen molar-refractivity contribution in [3.63, 3.8) is 0 Å². The fraction of sp³-hybridized carbons (Fsp3) is 0.308. The van der Waals surface area contributed by atoms with Gasteiger partial charge in [-0.3, -0.25) is 4.68 Å². The van der Waals surface area contributed by atoms with Crippen molar-refractivity contribution in [2.24, 2.45) is 0 Å². The second-order valence-corrected chi connectivity index (χ2v) is 5.02. The number of phenolic OH excluding ortho intramolecular Hbond substituents is 1. The lowest BCUT2D eigenvalue weighted by atomic mass is 10.1. The third kappa shape index (κ3) is 3.08. The summed E-state index contributed by atoms with van der Waals surface area (Å²) in [6.45, 7) is 3.47. The number of aromatic nitrogens is 2. The molecule has 2 aromatic rings. The van der Waals surface area contributed by atoms with E-state index in [1.165, 1.54) is 17.1 Å². The minimum Gasteiger partial charge on any atom is -0.505 e. The number of phenols is 1. The van der Waals surface area contributed by atoms with Crippen LogP contribution in [-0.2, 0) is 6.54 Å². The first-order valence-electron chi connectivity index (χ1n) is 5.69.